The Kier molecular flexibility index (Phi) is 5.99. The number of amides is 1. The molecule has 0 fully saturated rings. The number of aryl methyl sites for hydroxylation is 1. The van der Waals surface area contributed by atoms with Gasteiger partial charge in [0.1, 0.15) is 5.82 Å². The van der Waals surface area contributed by atoms with Crippen molar-refractivity contribution < 1.29 is 19.4 Å². The number of carbonyl (C=O) groups is 2. The summed E-state index contributed by atoms with van der Waals surface area (Å²) in [6.07, 6.45) is 1.40. The maximum atomic E-state index is 12.6. The number of methoxy groups -OCH3 is 1. The van der Waals surface area contributed by atoms with Gasteiger partial charge >= 0.3 is 12.1 Å². The van der Waals surface area contributed by atoms with Gasteiger partial charge in [0.05, 0.1) is 29.7 Å². The first kappa shape index (κ1) is 22.7. The standard InChI is InChI=1S/C28H27N3O4/c1-18-13-14-21-23(30(18)28(34)35-2)15-16-24-26(21)29-25(31(24)20-11-7-4-8-12-20)17-22(27(32)33)19-9-5-3-6-10-19/h3-12,15-16,18,22H,13-14,17H2,1-2H3,(H,32,33)/t18-,22?/m0/s1. The van der Waals surface area contributed by atoms with Gasteiger partial charge in [0.25, 0.3) is 0 Å². The molecule has 4 aromatic rings. The molecule has 3 aromatic carbocycles. The lowest BCUT2D eigenvalue weighted by Crippen LogP contribution is -2.42. The second-order valence-electron chi connectivity index (χ2n) is 8.86. The quantitative estimate of drug-likeness (QED) is 0.426. The van der Waals surface area contributed by atoms with Gasteiger partial charge in [-0.3, -0.25) is 14.3 Å². The topological polar surface area (TPSA) is 84.7 Å². The van der Waals surface area contributed by atoms with Crippen LogP contribution in [0.1, 0.15) is 36.2 Å². The van der Waals surface area contributed by atoms with Crippen molar-refractivity contribution in [3.63, 3.8) is 0 Å². The van der Waals surface area contributed by atoms with Crippen LogP contribution in [0.15, 0.2) is 72.8 Å². The molecule has 5 rings (SSSR count). The number of anilines is 1. The maximum absolute atomic E-state index is 12.6. The van der Waals surface area contributed by atoms with Gasteiger partial charge in [0.2, 0.25) is 0 Å². The molecule has 7 heteroatoms. The molecule has 1 aliphatic heterocycles. The predicted molar refractivity (Wildman–Crippen MR) is 134 cm³/mol. The lowest BCUT2D eigenvalue weighted by Gasteiger charge is -2.34. The number of carboxylic acids is 1. The van der Waals surface area contributed by atoms with Crippen molar-refractivity contribution in [1.82, 2.24) is 9.55 Å². The highest BCUT2D eigenvalue weighted by atomic mass is 16.5. The fourth-order valence-corrected chi connectivity index (χ4v) is 5.02. The van der Waals surface area contributed by atoms with E-state index in [-0.39, 0.29) is 12.5 Å². The minimum absolute atomic E-state index is 0.0116. The first-order valence-electron chi connectivity index (χ1n) is 11.7. The Hall–Kier alpha value is -4.13. The van der Waals surface area contributed by atoms with Crippen LogP contribution >= 0.6 is 0 Å². The summed E-state index contributed by atoms with van der Waals surface area (Å²) in [5, 5.41) is 10.1. The molecular formula is C28H27N3O4. The van der Waals surface area contributed by atoms with Gasteiger partial charge < -0.3 is 9.84 Å². The van der Waals surface area contributed by atoms with Crippen molar-refractivity contribution in [2.75, 3.05) is 12.0 Å². The fraction of sp³-hybridized carbons (Fsp3) is 0.250. The molecule has 0 spiro atoms. The van der Waals surface area contributed by atoms with Crippen LogP contribution in [0.4, 0.5) is 10.5 Å². The number of rotatable bonds is 5. The second-order valence-corrected chi connectivity index (χ2v) is 8.86. The molecule has 35 heavy (non-hydrogen) atoms. The molecule has 1 aromatic heterocycles. The van der Waals surface area contributed by atoms with Crippen LogP contribution in [0.3, 0.4) is 0 Å². The molecule has 0 saturated heterocycles. The number of aromatic nitrogens is 2. The van der Waals surface area contributed by atoms with Crippen molar-refractivity contribution in [3.8, 4) is 5.69 Å². The lowest BCUT2D eigenvalue weighted by atomic mass is 9.95. The van der Waals surface area contributed by atoms with E-state index in [1.807, 2.05) is 84.3 Å². The Morgan fingerprint density at radius 1 is 1.06 bits per heavy atom. The van der Waals surface area contributed by atoms with E-state index in [0.29, 0.717) is 5.82 Å². The average molecular weight is 470 g/mol. The summed E-state index contributed by atoms with van der Waals surface area (Å²) >= 11 is 0. The molecule has 0 radical (unpaired) electrons. The average Bonchev–Trinajstić information content (AvgIpc) is 3.26. The van der Waals surface area contributed by atoms with Gasteiger partial charge in [0.15, 0.2) is 0 Å². The molecule has 1 amide bonds. The van der Waals surface area contributed by atoms with Crippen LogP contribution in [0.25, 0.3) is 16.7 Å². The van der Waals surface area contributed by atoms with E-state index in [4.69, 9.17) is 9.72 Å². The number of hydrogen-bond donors (Lipinski definition) is 1. The zero-order valence-corrected chi connectivity index (χ0v) is 19.7. The Morgan fingerprint density at radius 2 is 1.74 bits per heavy atom. The van der Waals surface area contributed by atoms with Crippen molar-refractivity contribution >= 4 is 28.8 Å². The number of imidazole rings is 1. The summed E-state index contributed by atoms with van der Waals surface area (Å²) in [4.78, 5) is 31.6. The smallest absolute Gasteiger partial charge is 0.414 e. The molecule has 1 N–H and O–H groups in total. The molecule has 0 saturated carbocycles. The van der Waals surface area contributed by atoms with E-state index in [2.05, 4.69) is 0 Å². The van der Waals surface area contributed by atoms with E-state index < -0.39 is 18.0 Å². The lowest BCUT2D eigenvalue weighted by molar-refractivity contribution is -0.138. The first-order valence-corrected chi connectivity index (χ1v) is 11.7. The summed E-state index contributed by atoms with van der Waals surface area (Å²) < 4.78 is 7.09. The minimum Gasteiger partial charge on any atom is -0.481 e. The van der Waals surface area contributed by atoms with E-state index in [0.717, 1.165) is 46.4 Å². The number of hydrogen-bond acceptors (Lipinski definition) is 4. The van der Waals surface area contributed by atoms with E-state index in [9.17, 15) is 14.7 Å². The highest BCUT2D eigenvalue weighted by molar-refractivity contribution is 5.95. The number of fused-ring (bicyclic) bond motifs is 3. The van der Waals surface area contributed by atoms with Gasteiger partial charge in [-0.15, -0.1) is 0 Å². The monoisotopic (exact) mass is 469 g/mol. The number of benzene rings is 3. The Balaban J connectivity index is 1.70. The van der Waals surface area contributed by atoms with Gasteiger partial charge in [-0.25, -0.2) is 9.78 Å². The third-order valence-corrected chi connectivity index (χ3v) is 6.76. The SMILES string of the molecule is COC(=O)N1c2ccc3c(nc(CC(C(=O)O)c4ccccc4)n3-c3ccccc3)c2CC[C@@H]1C. The zero-order chi connectivity index (χ0) is 24.5. The summed E-state index contributed by atoms with van der Waals surface area (Å²) in [7, 11) is 1.39. The number of carbonyl (C=O) groups excluding carboxylic acids is 1. The fourth-order valence-electron chi connectivity index (χ4n) is 5.02. The molecule has 1 aliphatic rings. The molecule has 2 heterocycles. The van der Waals surface area contributed by atoms with Crippen LogP contribution in [-0.2, 0) is 22.4 Å². The molecule has 7 nitrogen and oxygen atoms in total. The second kappa shape index (κ2) is 9.25. The first-order chi connectivity index (χ1) is 17.0. The summed E-state index contributed by atoms with van der Waals surface area (Å²) in [6.45, 7) is 2.01. The normalized spacial score (nSPS) is 16.1. The summed E-state index contributed by atoms with van der Waals surface area (Å²) in [5.41, 5.74) is 5.11. The maximum Gasteiger partial charge on any atom is 0.414 e. The minimum atomic E-state index is -0.893. The Bertz CT molecular complexity index is 1380. The van der Waals surface area contributed by atoms with Gasteiger partial charge in [-0.05, 0) is 49.6 Å². The molecule has 0 aliphatic carbocycles. The van der Waals surface area contributed by atoms with Crippen LogP contribution in [0, 0.1) is 0 Å². The zero-order valence-electron chi connectivity index (χ0n) is 19.7. The Labute approximate surface area is 203 Å². The van der Waals surface area contributed by atoms with Crippen LogP contribution in [-0.4, -0.2) is 39.9 Å². The third kappa shape index (κ3) is 4.03. The van der Waals surface area contributed by atoms with Gasteiger partial charge in [0, 0.05) is 23.7 Å². The van der Waals surface area contributed by atoms with Crippen LogP contribution in [0.5, 0.6) is 0 Å². The number of carboxylic acid groups (broad SMARTS) is 1. The number of para-hydroxylation sites is 1. The van der Waals surface area contributed by atoms with E-state index in [1.54, 1.807) is 4.90 Å². The van der Waals surface area contributed by atoms with Gasteiger partial charge in [-0.2, -0.15) is 0 Å². The van der Waals surface area contributed by atoms with E-state index >= 15 is 0 Å². The van der Waals surface area contributed by atoms with E-state index in [1.165, 1.54) is 7.11 Å². The highest BCUT2D eigenvalue weighted by Crippen LogP contribution is 2.38. The largest absolute Gasteiger partial charge is 0.481 e. The van der Waals surface area contributed by atoms with Crippen molar-refractivity contribution in [3.05, 3.63) is 89.7 Å². The third-order valence-electron chi connectivity index (χ3n) is 6.76. The molecule has 1 unspecified atom stereocenters. The highest BCUT2D eigenvalue weighted by Gasteiger charge is 2.32. The number of aliphatic carboxylic acids is 1. The molecule has 178 valence electrons. The Morgan fingerprint density at radius 3 is 2.40 bits per heavy atom. The molecule has 2 atom stereocenters. The van der Waals surface area contributed by atoms with Crippen molar-refractivity contribution in [2.45, 2.75) is 38.1 Å². The van der Waals surface area contributed by atoms with Crippen molar-refractivity contribution in [2.24, 2.45) is 0 Å². The van der Waals surface area contributed by atoms with Gasteiger partial charge in [-0.1, -0.05) is 48.5 Å². The number of ether oxygens (including phenoxy) is 1. The summed E-state index contributed by atoms with van der Waals surface area (Å²) in [6, 6.07) is 23.0. The summed E-state index contributed by atoms with van der Waals surface area (Å²) in [5.74, 6) is -0.965. The van der Waals surface area contributed by atoms with Crippen molar-refractivity contribution in [1.29, 1.82) is 0 Å². The molecule has 0 bridgehead atoms. The van der Waals surface area contributed by atoms with Crippen LogP contribution < -0.4 is 4.90 Å². The van der Waals surface area contributed by atoms with Crippen LogP contribution in [0.2, 0.25) is 0 Å². The molecular weight excluding hydrogens is 442 g/mol. The predicted octanol–water partition coefficient (Wildman–Crippen LogP) is 5.34. The number of nitrogens with zero attached hydrogens (tertiary/aromatic N) is 3.